The predicted octanol–water partition coefficient (Wildman–Crippen LogP) is 32.8. The van der Waals surface area contributed by atoms with Crippen molar-refractivity contribution in [3.8, 4) is 142 Å². The molecule has 0 spiro atoms. The van der Waals surface area contributed by atoms with Crippen molar-refractivity contribution in [3.05, 3.63) is 448 Å². The summed E-state index contributed by atoms with van der Waals surface area (Å²) in [4.78, 5) is 12.3. The second-order valence-corrected chi connectivity index (χ2v) is 33.8. The Hall–Kier alpha value is -19.3. The molecule has 0 aliphatic heterocycles. The summed E-state index contributed by atoms with van der Waals surface area (Å²) in [5, 5.41) is 56.1. The van der Waals surface area contributed by atoms with Crippen LogP contribution in [-0.4, -0.2) is 18.3 Å². The summed E-state index contributed by atoms with van der Waals surface area (Å²) in [5.74, 6) is 0. The Labute approximate surface area is 786 Å². The molecule has 0 N–H and O–H groups in total. The minimum Gasteiger partial charge on any atom is -0.319 e. The van der Waals surface area contributed by atoms with Crippen molar-refractivity contribution in [2.75, 3.05) is 0 Å². The topological polar surface area (TPSA) is 152 Å². The maximum Gasteiger partial charge on any atom is 0.417 e. The lowest BCUT2D eigenvalue weighted by atomic mass is 9.92. The van der Waals surface area contributed by atoms with E-state index in [4.69, 9.17) is 13.1 Å². The Morgan fingerprint density at radius 1 is 0.239 bits per heavy atom. The van der Waals surface area contributed by atoms with Gasteiger partial charge in [-0.05, 0) is 266 Å². The Balaban J connectivity index is 0.000000169. The van der Waals surface area contributed by atoms with Gasteiger partial charge in [0.15, 0.2) is 5.69 Å². The van der Waals surface area contributed by atoms with Crippen LogP contribution in [0.15, 0.2) is 364 Å². The third kappa shape index (κ3) is 14.6. The van der Waals surface area contributed by atoms with Gasteiger partial charge >= 0.3 is 12.4 Å². The van der Waals surface area contributed by atoms with Gasteiger partial charge in [0.1, 0.15) is 0 Å². The molecule has 0 saturated carbocycles. The van der Waals surface area contributed by atoms with Gasteiger partial charge in [0.2, 0.25) is 11.4 Å². The summed E-state index contributed by atoms with van der Waals surface area (Å²) >= 11 is 0. The van der Waals surface area contributed by atoms with Crippen LogP contribution >= 0.6 is 0 Å². The molecule has 22 aromatic rings. The number of halogens is 6. The maximum atomic E-state index is 15.6. The lowest BCUT2D eigenvalue weighted by Crippen LogP contribution is -2.10. The van der Waals surface area contributed by atoms with E-state index >= 15 is 26.3 Å². The Morgan fingerprint density at radius 3 is 0.862 bits per heavy atom. The van der Waals surface area contributed by atoms with Crippen molar-refractivity contribution in [2.45, 2.75) is 26.2 Å². The minimum absolute atomic E-state index is 0.00540. The van der Waals surface area contributed by atoms with Crippen LogP contribution in [0, 0.1) is 90.2 Å². The van der Waals surface area contributed by atoms with Crippen LogP contribution in [0.4, 0.5) is 43.4 Å². The first-order valence-corrected chi connectivity index (χ1v) is 43.8. The number of fused-ring (bicyclic) bond motifs is 12. The first-order valence-electron chi connectivity index (χ1n) is 43.8. The molecule has 4 heterocycles. The number of para-hydroxylation sites is 2. The van der Waals surface area contributed by atoms with Gasteiger partial charge in [0.25, 0.3) is 0 Å². The molecule has 12 nitrogen and oxygen atoms in total. The molecule has 18 heteroatoms. The van der Waals surface area contributed by atoms with Crippen LogP contribution in [0.1, 0.15) is 50.1 Å². The summed E-state index contributed by atoms with van der Waals surface area (Å²) in [6.07, 6.45) is -9.47. The monoisotopic (exact) mass is 1790 g/mol. The highest BCUT2D eigenvalue weighted by atomic mass is 19.4. The van der Waals surface area contributed by atoms with Crippen LogP contribution in [-0.2, 0) is 12.4 Å². The molecular weight excluding hydrogens is 1720 g/mol. The Morgan fingerprint density at radius 2 is 0.514 bits per heavy atom. The molecule has 18 aromatic carbocycles. The van der Waals surface area contributed by atoms with E-state index in [1.807, 2.05) is 255 Å². The van der Waals surface area contributed by atoms with Gasteiger partial charge in [-0.2, -0.15) is 52.7 Å². The quantitative estimate of drug-likeness (QED) is 0.0881. The highest BCUT2D eigenvalue weighted by Crippen LogP contribution is 2.54. The van der Waals surface area contributed by atoms with Crippen molar-refractivity contribution in [1.29, 1.82) is 26.3 Å². The minimum atomic E-state index is -4.79. The van der Waals surface area contributed by atoms with Crippen molar-refractivity contribution in [1.82, 2.24) is 18.3 Å². The number of benzene rings is 18. The molecular formula is C120H66F6N12. The Kier molecular flexibility index (Phi) is 21.1. The van der Waals surface area contributed by atoms with Gasteiger partial charge in [0.05, 0.1) is 156 Å². The van der Waals surface area contributed by atoms with Gasteiger partial charge in [-0.1, -0.05) is 212 Å². The molecule has 648 valence electrons. The summed E-state index contributed by atoms with van der Waals surface area (Å²) in [6.45, 7) is 29.2. The third-order valence-corrected chi connectivity index (χ3v) is 25.9. The zero-order valence-corrected chi connectivity index (χ0v) is 73.3. The summed E-state index contributed by atoms with van der Waals surface area (Å²) in [5.41, 5.74) is 19.4. The molecule has 0 atom stereocenters. The number of hydrogen-bond donors (Lipinski definition) is 0. The Bertz CT molecular complexity index is 9130. The molecule has 0 radical (unpaired) electrons. The van der Waals surface area contributed by atoms with E-state index in [1.165, 1.54) is 12.1 Å². The molecule has 0 saturated heterocycles. The number of nitrogens with zero attached hydrogens (tertiary/aromatic N) is 12. The lowest BCUT2D eigenvalue weighted by molar-refractivity contribution is -0.137. The summed E-state index contributed by atoms with van der Waals surface area (Å²) in [6, 6.07) is 122. The molecule has 138 heavy (non-hydrogen) atoms. The van der Waals surface area contributed by atoms with Gasteiger partial charge in [-0.3, -0.25) is 0 Å². The number of hydrogen-bond acceptors (Lipinski definition) is 5. The first-order chi connectivity index (χ1) is 67.1. The fourth-order valence-corrected chi connectivity index (χ4v) is 19.8. The smallest absolute Gasteiger partial charge is 0.319 e. The second kappa shape index (κ2) is 34.1. The van der Waals surface area contributed by atoms with Crippen LogP contribution in [0.25, 0.3) is 214 Å². The van der Waals surface area contributed by atoms with Gasteiger partial charge in [0, 0.05) is 43.1 Å². The van der Waals surface area contributed by atoms with E-state index < -0.39 is 23.5 Å². The fraction of sp³-hybridized carbons (Fsp3) is 0.0333. The molecule has 4 aromatic heterocycles. The fourth-order valence-electron chi connectivity index (χ4n) is 19.8. The van der Waals surface area contributed by atoms with E-state index in [2.05, 4.69) is 50.9 Å². The zero-order valence-electron chi connectivity index (χ0n) is 73.3. The third-order valence-electron chi connectivity index (χ3n) is 25.9. The van der Waals surface area contributed by atoms with Crippen molar-refractivity contribution < 1.29 is 26.3 Å². The molecule has 0 amide bonds. The molecule has 0 aliphatic carbocycles. The average Bonchev–Trinajstić information content (AvgIpc) is 1.40. The highest BCUT2D eigenvalue weighted by molar-refractivity contribution is 6.17. The molecule has 0 fully saturated rings. The van der Waals surface area contributed by atoms with Gasteiger partial charge in [-0.15, -0.1) is 0 Å². The van der Waals surface area contributed by atoms with Crippen LogP contribution in [0.3, 0.4) is 0 Å². The predicted molar refractivity (Wildman–Crippen MR) is 536 cm³/mol. The number of nitriles is 5. The van der Waals surface area contributed by atoms with Crippen LogP contribution in [0.5, 0.6) is 0 Å². The van der Waals surface area contributed by atoms with E-state index in [1.54, 1.807) is 111 Å². The van der Waals surface area contributed by atoms with Crippen molar-refractivity contribution >= 4 is 104 Å². The van der Waals surface area contributed by atoms with Gasteiger partial charge < -0.3 is 18.3 Å². The van der Waals surface area contributed by atoms with Crippen molar-refractivity contribution in [3.63, 3.8) is 0 Å². The molecule has 0 bridgehead atoms. The second-order valence-electron chi connectivity index (χ2n) is 33.8. The van der Waals surface area contributed by atoms with E-state index in [-0.39, 0.29) is 39.3 Å². The normalized spacial score (nSPS) is 11.4. The number of aryl methyl sites for hydroxylation is 2. The lowest BCUT2D eigenvalue weighted by Gasteiger charge is -2.23. The van der Waals surface area contributed by atoms with E-state index in [9.17, 15) is 32.9 Å². The molecule has 0 aliphatic rings. The first kappa shape index (κ1) is 85.4. The average molecular weight is 1790 g/mol. The molecule has 0 unspecified atom stereocenters. The van der Waals surface area contributed by atoms with E-state index in [0.29, 0.717) is 89.3 Å². The zero-order chi connectivity index (χ0) is 95.1. The standard InChI is InChI=1S/C67H36F3N7.C53H30F3N5/c1-40-8-3-17-58(67(68,69)70)64(40)57-26-27-59(76-60-32-49(45-13-4-9-41(28-45)36-71)18-22-53(60)54-23-19-50(33-61(54)76)46-14-5-10-42(29-46)37-72)65(75-2)66(57)77-62-34-51(47-15-6-11-43(30-47)38-73)20-24-55(62)56-25-21-52(35-63(56)77)48-16-7-12-44(31-48)39-74;1-32-11-8-18-44(53(54,55)56)50(32)41-23-26-49(60-45-19-6-4-16-39(45)42-30-37(21-24-47(42)60)35-14-10-15-38(28-35)58-2)51(59-3)52(41)61-46-20-7-5-17-40(46)43-29-36(22-25-48(43)61)34-13-9-12-33(27-34)31-57/h3-35H,1H3;4-30H,1H3. The maximum absolute atomic E-state index is 15.6. The highest BCUT2D eigenvalue weighted by Gasteiger charge is 2.39. The number of alkyl halides is 6. The van der Waals surface area contributed by atoms with Crippen LogP contribution < -0.4 is 0 Å². The van der Waals surface area contributed by atoms with Gasteiger partial charge in [-0.25, -0.2) is 14.5 Å². The van der Waals surface area contributed by atoms with E-state index in [0.717, 1.165) is 139 Å². The largest absolute Gasteiger partial charge is 0.417 e. The number of aromatic nitrogens is 4. The van der Waals surface area contributed by atoms with Crippen molar-refractivity contribution in [2.24, 2.45) is 0 Å². The number of rotatable bonds is 12. The van der Waals surface area contributed by atoms with Crippen LogP contribution in [0.2, 0.25) is 0 Å². The summed E-state index contributed by atoms with van der Waals surface area (Å²) < 4.78 is 100. The summed E-state index contributed by atoms with van der Waals surface area (Å²) in [7, 11) is 0. The SMILES string of the molecule is [C-]#[N+]c1c(-n2c3cc(-c4cccc(C#N)c4)ccc3c3ccc(-c4cccc(C#N)c4)cc32)ccc(-c2c(C)cccc2C(F)(F)F)c1-n1c2cc(-c3cccc(C#N)c3)ccc2c2ccc(-c3cccc(C#N)c3)cc21.[C-]#[N+]c1cccc(-c2ccc3c(c2)c2ccccc2n3-c2ccc(-c3c(C)cccc3C(F)(F)F)c(-n3c4ccccc4c4cc(-c5cccc(C#N)c5)ccc43)c2[N+]#[C-])c1. The molecule has 22 rings (SSSR count).